The Hall–Kier alpha value is -1.91. The molecule has 6 heteroatoms. The lowest BCUT2D eigenvalue weighted by Crippen LogP contribution is -2.49. The first-order chi connectivity index (χ1) is 12.1. The molecule has 1 saturated heterocycles. The summed E-state index contributed by atoms with van der Waals surface area (Å²) >= 11 is 12.3. The molecule has 0 saturated carbocycles. The number of carbonyl (C=O) groups is 1. The molecule has 1 fully saturated rings. The molecule has 3 rings (SSSR count). The van der Waals surface area contributed by atoms with Crippen molar-refractivity contribution in [3.8, 4) is 5.75 Å². The summed E-state index contributed by atoms with van der Waals surface area (Å²) in [4.78, 5) is 16.4. The van der Waals surface area contributed by atoms with E-state index in [0.717, 1.165) is 24.5 Å². The zero-order chi connectivity index (χ0) is 17.6. The number of hydrogen-bond acceptors (Lipinski definition) is 3. The first-order valence-electron chi connectivity index (χ1n) is 8.29. The van der Waals surface area contributed by atoms with Gasteiger partial charge in [-0.15, -0.1) is 0 Å². The van der Waals surface area contributed by atoms with Crippen LogP contribution in [-0.2, 0) is 4.79 Å². The molecule has 0 aliphatic carbocycles. The van der Waals surface area contributed by atoms with E-state index in [1.165, 1.54) is 0 Å². The fourth-order valence-electron chi connectivity index (χ4n) is 2.86. The van der Waals surface area contributed by atoms with Gasteiger partial charge in [-0.25, -0.2) is 0 Å². The van der Waals surface area contributed by atoms with Crippen molar-refractivity contribution in [1.82, 2.24) is 4.90 Å². The van der Waals surface area contributed by atoms with Crippen molar-refractivity contribution in [2.75, 3.05) is 37.7 Å². The molecule has 1 heterocycles. The number of halogens is 2. The second-order valence-electron chi connectivity index (χ2n) is 5.88. The molecule has 132 valence electrons. The van der Waals surface area contributed by atoms with Gasteiger partial charge in [-0.2, -0.15) is 0 Å². The van der Waals surface area contributed by atoms with Crippen molar-refractivity contribution in [3.63, 3.8) is 0 Å². The number of carbonyl (C=O) groups excluding carboxylic acids is 1. The lowest BCUT2D eigenvalue weighted by Gasteiger charge is -2.36. The first-order valence-corrected chi connectivity index (χ1v) is 9.05. The quantitative estimate of drug-likeness (QED) is 0.784. The fraction of sp³-hybridized carbons (Fsp3) is 0.316. The number of rotatable bonds is 5. The average molecular weight is 379 g/mol. The molecule has 1 aliphatic heterocycles. The summed E-state index contributed by atoms with van der Waals surface area (Å²) in [6.45, 7) is 3.22. The minimum Gasteiger partial charge on any atom is -0.493 e. The first kappa shape index (κ1) is 17.9. The van der Waals surface area contributed by atoms with Crippen LogP contribution in [0.1, 0.15) is 6.42 Å². The van der Waals surface area contributed by atoms with E-state index in [-0.39, 0.29) is 5.91 Å². The maximum Gasteiger partial charge on any atom is 0.226 e. The molecule has 0 unspecified atom stereocenters. The van der Waals surface area contributed by atoms with Crippen molar-refractivity contribution in [3.05, 3.63) is 58.6 Å². The van der Waals surface area contributed by atoms with Gasteiger partial charge in [-0.1, -0.05) is 41.4 Å². The Labute approximate surface area is 157 Å². The minimum atomic E-state index is 0.118. The normalized spacial score (nSPS) is 14.5. The number of ether oxygens (including phenoxy) is 1. The molecule has 25 heavy (non-hydrogen) atoms. The van der Waals surface area contributed by atoms with Crippen LogP contribution in [0.3, 0.4) is 0 Å². The highest BCUT2D eigenvalue weighted by atomic mass is 35.5. The Kier molecular flexibility index (Phi) is 6.05. The summed E-state index contributed by atoms with van der Waals surface area (Å²) in [5, 5.41) is 1.34. The monoisotopic (exact) mass is 378 g/mol. The number of anilines is 1. The van der Waals surface area contributed by atoms with Gasteiger partial charge in [0, 0.05) is 31.2 Å². The third-order valence-corrected chi connectivity index (χ3v) is 4.76. The maximum atomic E-state index is 12.3. The molecular formula is C19H20Cl2N2O2. The van der Waals surface area contributed by atoms with Gasteiger partial charge in [0.05, 0.1) is 23.7 Å². The van der Waals surface area contributed by atoms with E-state index >= 15 is 0 Å². The van der Waals surface area contributed by atoms with Crippen LogP contribution in [0.4, 0.5) is 5.69 Å². The van der Waals surface area contributed by atoms with E-state index in [4.69, 9.17) is 27.9 Å². The number of hydrogen-bond donors (Lipinski definition) is 0. The molecule has 1 amide bonds. The standard InChI is InChI=1S/C19H20Cl2N2O2/c20-15-6-7-17(21)18(14-15)22-9-11-23(12-10-22)19(24)8-13-25-16-4-2-1-3-5-16/h1-7,14H,8-13H2. The summed E-state index contributed by atoms with van der Waals surface area (Å²) < 4.78 is 5.60. The van der Waals surface area contributed by atoms with E-state index in [2.05, 4.69) is 4.90 Å². The molecule has 0 radical (unpaired) electrons. The SMILES string of the molecule is O=C(CCOc1ccccc1)N1CCN(c2cc(Cl)ccc2Cl)CC1. The fourth-order valence-corrected chi connectivity index (χ4v) is 3.26. The predicted molar refractivity (Wildman–Crippen MR) is 102 cm³/mol. The van der Waals surface area contributed by atoms with Crippen LogP contribution in [0.5, 0.6) is 5.75 Å². The van der Waals surface area contributed by atoms with E-state index in [0.29, 0.717) is 36.2 Å². The highest BCUT2D eigenvalue weighted by molar-refractivity contribution is 6.35. The topological polar surface area (TPSA) is 32.8 Å². The van der Waals surface area contributed by atoms with Gasteiger partial charge in [-0.05, 0) is 30.3 Å². The van der Waals surface area contributed by atoms with Crippen LogP contribution in [0, 0.1) is 0 Å². The third-order valence-electron chi connectivity index (χ3n) is 4.21. The van der Waals surface area contributed by atoms with E-state index < -0.39 is 0 Å². The largest absolute Gasteiger partial charge is 0.493 e. The molecule has 2 aromatic carbocycles. The molecule has 0 N–H and O–H groups in total. The van der Waals surface area contributed by atoms with Crippen molar-refractivity contribution in [1.29, 1.82) is 0 Å². The van der Waals surface area contributed by atoms with Crippen LogP contribution in [0.25, 0.3) is 0 Å². The van der Waals surface area contributed by atoms with Gasteiger partial charge in [-0.3, -0.25) is 4.79 Å². The Bertz CT molecular complexity index is 717. The van der Waals surface area contributed by atoms with Gasteiger partial charge in [0.15, 0.2) is 0 Å². The molecule has 2 aromatic rings. The lowest BCUT2D eigenvalue weighted by molar-refractivity contribution is -0.132. The van der Waals surface area contributed by atoms with Gasteiger partial charge in [0.25, 0.3) is 0 Å². The van der Waals surface area contributed by atoms with E-state index in [1.807, 2.05) is 41.3 Å². The molecule has 0 atom stereocenters. The van der Waals surface area contributed by atoms with Gasteiger partial charge in [0.2, 0.25) is 5.91 Å². The van der Waals surface area contributed by atoms with E-state index in [1.54, 1.807) is 12.1 Å². The number of nitrogens with zero attached hydrogens (tertiary/aromatic N) is 2. The Morgan fingerprint density at radius 2 is 1.72 bits per heavy atom. The summed E-state index contributed by atoms with van der Waals surface area (Å²) in [7, 11) is 0. The average Bonchev–Trinajstić information content (AvgIpc) is 2.65. The molecule has 4 nitrogen and oxygen atoms in total. The molecule has 0 bridgehead atoms. The third kappa shape index (κ3) is 4.80. The summed E-state index contributed by atoms with van der Waals surface area (Å²) in [6.07, 6.45) is 0.382. The highest BCUT2D eigenvalue weighted by Crippen LogP contribution is 2.29. The van der Waals surface area contributed by atoms with Gasteiger partial charge < -0.3 is 14.5 Å². The van der Waals surface area contributed by atoms with Crippen LogP contribution >= 0.6 is 23.2 Å². The molecule has 1 aliphatic rings. The van der Waals surface area contributed by atoms with Crippen molar-refractivity contribution < 1.29 is 9.53 Å². The number of para-hydroxylation sites is 1. The second kappa shape index (κ2) is 8.45. The van der Waals surface area contributed by atoms with E-state index in [9.17, 15) is 4.79 Å². The van der Waals surface area contributed by atoms with Crippen LogP contribution in [-0.4, -0.2) is 43.6 Å². The van der Waals surface area contributed by atoms with Crippen LogP contribution in [0.15, 0.2) is 48.5 Å². The molecule has 0 aromatic heterocycles. The molecular weight excluding hydrogens is 359 g/mol. The summed E-state index contributed by atoms with van der Waals surface area (Å²) in [5.41, 5.74) is 0.925. The smallest absolute Gasteiger partial charge is 0.226 e. The lowest BCUT2D eigenvalue weighted by atomic mass is 10.2. The Morgan fingerprint density at radius 3 is 2.44 bits per heavy atom. The predicted octanol–water partition coefficient (Wildman–Crippen LogP) is 4.11. The van der Waals surface area contributed by atoms with Gasteiger partial charge in [0.1, 0.15) is 5.75 Å². The van der Waals surface area contributed by atoms with Gasteiger partial charge >= 0.3 is 0 Å². The minimum absolute atomic E-state index is 0.118. The van der Waals surface area contributed by atoms with Crippen LogP contribution < -0.4 is 9.64 Å². The number of benzene rings is 2. The zero-order valence-corrected chi connectivity index (χ0v) is 15.3. The second-order valence-corrected chi connectivity index (χ2v) is 6.72. The maximum absolute atomic E-state index is 12.3. The molecule has 0 spiro atoms. The number of piperazine rings is 1. The van der Waals surface area contributed by atoms with Crippen LogP contribution in [0.2, 0.25) is 10.0 Å². The summed E-state index contributed by atoms with van der Waals surface area (Å²) in [5.74, 6) is 0.906. The highest BCUT2D eigenvalue weighted by Gasteiger charge is 2.22. The zero-order valence-electron chi connectivity index (χ0n) is 13.8. The van der Waals surface area contributed by atoms with Crippen molar-refractivity contribution in [2.24, 2.45) is 0 Å². The van der Waals surface area contributed by atoms with Crippen molar-refractivity contribution in [2.45, 2.75) is 6.42 Å². The Balaban J connectivity index is 1.47. The van der Waals surface area contributed by atoms with Crippen molar-refractivity contribution >= 4 is 34.8 Å². The summed E-state index contributed by atoms with van der Waals surface area (Å²) in [6, 6.07) is 15.0. The Morgan fingerprint density at radius 1 is 1.00 bits per heavy atom. The number of amides is 1.